The second-order valence-electron chi connectivity index (χ2n) is 4.16. The summed E-state index contributed by atoms with van der Waals surface area (Å²) in [5, 5.41) is 3.47. The summed E-state index contributed by atoms with van der Waals surface area (Å²) < 4.78 is 0. The molecule has 1 saturated carbocycles. The first-order valence-electron chi connectivity index (χ1n) is 5.38. The summed E-state index contributed by atoms with van der Waals surface area (Å²) in [4.78, 5) is 0. The van der Waals surface area contributed by atoms with Crippen LogP contribution < -0.4 is 5.32 Å². The van der Waals surface area contributed by atoms with Gasteiger partial charge >= 0.3 is 0 Å². The normalized spacial score (nSPS) is 31.5. The summed E-state index contributed by atoms with van der Waals surface area (Å²) in [6, 6.07) is 0.781. The van der Waals surface area contributed by atoms with E-state index in [1.54, 1.807) is 0 Å². The molecule has 1 heterocycles. The van der Waals surface area contributed by atoms with Crippen LogP contribution in [-0.4, -0.2) is 6.04 Å². The fourth-order valence-electron chi connectivity index (χ4n) is 2.52. The number of hydrogen-bond acceptors (Lipinski definition) is 1. The van der Waals surface area contributed by atoms with Crippen LogP contribution in [0.3, 0.4) is 0 Å². The smallest absolute Gasteiger partial charge is 0.0318 e. The Labute approximate surface area is 75.2 Å². The van der Waals surface area contributed by atoms with Gasteiger partial charge in [-0.3, -0.25) is 0 Å². The van der Waals surface area contributed by atoms with E-state index in [2.05, 4.69) is 17.6 Å². The van der Waals surface area contributed by atoms with Crippen LogP contribution in [0, 0.1) is 5.92 Å². The van der Waals surface area contributed by atoms with Gasteiger partial charge in [-0.2, -0.15) is 0 Å². The molecule has 2 aliphatic rings. The molecule has 68 valence electrons. The van der Waals surface area contributed by atoms with Gasteiger partial charge in [-0.15, -0.1) is 0 Å². The lowest BCUT2D eigenvalue weighted by molar-refractivity contribution is 0.356. The van der Waals surface area contributed by atoms with Crippen molar-refractivity contribution in [1.82, 2.24) is 5.32 Å². The Morgan fingerprint density at radius 2 is 1.75 bits per heavy atom. The monoisotopic (exact) mass is 165 g/mol. The SMILES string of the molecule is C1=CNC(C2CCCCCC2)C1. The standard InChI is InChI=1S/C11H19N/c1-2-4-7-10(6-3-1)11-8-5-9-12-11/h5,9-12H,1-4,6-8H2. The second kappa shape index (κ2) is 3.97. The van der Waals surface area contributed by atoms with Crippen LogP contribution in [0.1, 0.15) is 44.9 Å². The average molecular weight is 165 g/mol. The topological polar surface area (TPSA) is 12.0 Å². The molecule has 1 unspecified atom stereocenters. The van der Waals surface area contributed by atoms with E-state index in [1.165, 1.54) is 44.9 Å². The molecular weight excluding hydrogens is 146 g/mol. The van der Waals surface area contributed by atoms with Crippen molar-refractivity contribution in [2.75, 3.05) is 0 Å². The summed E-state index contributed by atoms with van der Waals surface area (Å²) in [6.45, 7) is 0. The molecule has 0 radical (unpaired) electrons. The summed E-state index contributed by atoms with van der Waals surface area (Å²) in [5.74, 6) is 0.961. The zero-order valence-corrected chi connectivity index (χ0v) is 7.76. The van der Waals surface area contributed by atoms with Crippen LogP contribution in [0.25, 0.3) is 0 Å². The molecule has 1 aliphatic heterocycles. The number of rotatable bonds is 1. The van der Waals surface area contributed by atoms with Crippen LogP contribution in [0.15, 0.2) is 12.3 Å². The molecular formula is C11H19N. The van der Waals surface area contributed by atoms with Gasteiger partial charge in [-0.05, 0) is 31.4 Å². The molecule has 2 rings (SSSR count). The minimum Gasteiger partial charge on any atom is -0.388 e. The van der Waals surface area contributed by atoms with Crippen molar-refractivity contribution in [3.63, 3.8) is 0 Å². The fourth-order valence-corrected chi connectivity index (χ4v) is 2.52. The van der Waals surface area contributed by atoms with E-state index in [9.17, 15) is 0 Å². The van der Waals surface area contributed by atoms with Gasteiger partial charge in [0.25, 0.3) is 0 Å². The van der Waals surface area contributed by atoms with Crippen LogP contribution in [0.2, 0.25) is 0 Å². The highest BCUT2D eigenvalue weighted by Crippen LogP contribution is 2.28. The molecule has 0 aromatic carbocycles. The van der Waals surface area contributed by atoms with Crippen molar-refractivity contribution < 1.29 is 0 Å². The largest absolute Gasteiger partial charge is 0.388 e. The van der Waals surface area contributed by atoms with Gasteiger partial charge in [0.1, 0.15) is 0 Å². The minimum atomic E-state index is 0.781. The lowest BCUT2D eigenvalue weighted by atomic mass is 9.91. The molecule has 12 heavy (non-hydrogen) atoms. The van der Waals surface area contributed by atoms with E-state index >= 15 is 0 Å². The first-order chi connectivity index (χ1) is 5.97. The lowest BCUT2D eigenvalue weighted by Crippen LogP contribution is -2.28. The molecule has 0 spiro atoms. The zero-order valence-electron chi connectivity index (χ0n) is 7.76. The van der Waals surface area contributed by atoms with Crippen molar-refractivity contribution in [3.8, 4) is 0 Å². The van der Waals surface area contributed by atoms with Crippen molar-refractivity contribution >= 4 is 0 Å². The molecule has 1 N–H and O–H groups in total. The number of nitrogens with one attached hydrogen (secondary N) is 1. The molecule has 0 amide bonds. The van der Waals surface area contributed by atoms with Gasteiger partial charge in [-0.1, -0.05) is 31.8 Å². The molecule has 1 aliphatic carbocycles. The van der Waals surface area contributed by atoms with E-state index in [0.29, 0.717) is 0 Å². The molecule has 0 saturated heterocycles. The van der Waals surface area contributed by atoms with Crippen molar-refractivity contribution in [1.29, 1.82) is 0 Å². The Balaban J connectivity index is 1.84. The van der Waals surface area contributed by atoms with Gasteiger partial charge in [0.2, 0.25) is 0 Å². The lowest BCUT2D eigenvalue weighted by Gasteiger charge is -2.22. The Kier molecular flexibility index (Phi) is 2.70. The predicted octanol–water partition coefficient (Wildman–Crippen LogP) is 2.83. The molecule has 1 heteroatoms. The number of hydrogen-bond donors (Lipinski definition) is 1. The third-order valence-electron chi connectivity index (χ3n) is 3.29. The third-order valence-corrected chi connectivity index (χ3v) is 3.29. The van der Waals surface area contributed by atoms with E-state index in [0.717, 1.165) is 12.0 Å². The maximum atomic E-state index is 3.47. The quantitative estimate of drug-likeness (QED) is 0.589. The summed E-state index contributed by atoms with van der Waals surface area (Å²) in [5.41, 5.74) is 0. The predicted molar refractivity (Wildman–Crippen MR) is 51.9 cm³/mol. The Bertz CT molecular complexity index is 146. The van der Waals surface area contributed by atoms with Gasteiger partial charge in [-0.25, -0.2) is 0 Å². The first-order valence-corrected chi connectivity index (χ1v) is 5.38. The fraction of sp³-hybridized carbons (Fsp3) is 0.818. The van der Waals surface area contributed by atoms with Gasteiger partial charge in [0.05, 0.1) is 0 Å². The van der Waals surface area contributed by atoms with E-state index in [4.69, 9.17) is 0 Å². The minimum absolute atomic E-state index is 0.781. The van der Waals surface area contributed by atoms with Crippen LogP contribution in [-0.2, 0) is 0 Å². The molecule has 1 nitrogen and oxygen atoms in total. The Morgan fingerprint density at radius 3 is 2.33 bits per heavy atom. The molecule has 1 fully saturated rings. The molecule has 0 aromatic heterocycles. The van der Waals surface area contributed by atoms with Crippen LogP contribution in [0.4, 0.5) is 0 Å². The van der Waals surface area contributed by atoms with Crippen molar-refractivity contribution in [2.45, 2.75) is 51.0 Å². The van der Waals surface area contributed by atoms with Crippen molar-refractivity contribution in [2.24, 2.45) is 5.92 Å². The second-order valence-corrected chi connectivity index (χ2v) is 4.16. The molecule has 1 atom stereocenters. The van der Waals surface area contributed by atoms with Crippen molar-refractivity contribution in [3.05, 3.63) is 12.3 Å². The maximum Gasteiger partial charge on any atom is 0.0318 e. The highest BCUT2D eigenvalue weighted by molar-refractivity contribution is 4.97. The zero-order chi connectivity index (χ0) is 8.23. The van der Waals surface area contributed by atoms with E-state index in [-0.39, 0.29) is 0 Å². The van der Waals surface area contributed by atoms with Crippen LogP contribution in [0.5, 0.6) is 0 Å². The highest BCUT2D eigenvalue weighted by Gasteiger charge is 2.22. The summed E-state index contributed by atoms with van der Waals surface area (Å²) >= 11 is 0. The molecule has 0 aromatic rings. The summed E-state index contributed by atoms with van der Waals surface area (Å²) in [7, 11) is 0. The van der Waals surface area contributed by atoms with Gasteiger partial charge in [0.15, 0.2) is 0 Å². The first kappa shape index (κ1) is 8.15. The highest BCUT2D eigenvalue weighted by atomic mass is 14.9. The summed E-state index contributed by atoms with van der Waals surface area (Å²) in [6.07, 6.45) is 14.5. The van der Waals surface area contributed by atoms with E-state index < -0.39 is 0 Å². The van der Waals surface area contributed by atoms with Gasteiger partial charge < -0.3 is 5.32 Å². The van der Waals surface area contributed by atoms with Crippen LogP contribution >= 0.6 is 0 Å². The van der Waals surface area contributed by atoms with Gasteiger partial charge in [0, 0.05) is 6.04 Å². The van der Waals surface area contributed by atoms with E-state index in [1.807, 2.05) is 0 Å². The molecule has 0 bridgehead atoms. The maximum absolute atomic E-state index is 3.47. The average Bonchev–Trinajstić information content (AvgIpc) is 2.48. The third kappa shape index (κ3) is 1.82. The Hall–Kier alpha value is -0.460. The Morgan fingerprint density at radius 1 is 1.00 bits per heavy atom.